The zero-order chi connectivity index (χ0) is 17.7. The predicted octanol–water partition coefficient (Wildman–Crippen LogP) is 1.88. The van der Waals surface area contributed by atoms with Crippen LogP contribution < -0.4 is 0 Å². The number of aliphatic carboxylic acids is 1. The highest BCUT2D eigenvalue weighted by Crippen LogP contribution is 2.20. The van der Waals surface area contributed by atoms with Crippen molar-refractivity contribution in [2.75, 3.05) is 19.7 Å². The summed E-state index contributed by atoms with van der Waals surface area (Å²) >= 11 is 6.14. The first kappa shape index (κ1) is 18.5. The van der Waals surface area contributed by atoms with Gasteiger partial charge in [-0.15, -0.1) is 0 Å². The van der Waals surface area contributed by atoms with Crippen LogP contribution in [0, 0.1) is 6.92 Å². The molecular weight excluding hydrogens is 334 g/mol. The highest BCUT2D eigenvalue weighted by Gasteiger charge is 2.22. The summed E-state index contributed by atoms with van der Waals surface area (Å²) in [4.78, 5) is 24.8. The van der Waals surface area contributed by atoms with Crippen molar-refractivity contribution in [3.8, 4) is 0 Å². The van der Waals surface area contributed by atoms with E-state index in [0.717, 1.165) is 18.5 Å². The van der Waals surface area contributed by atoms with Crippen LogP contribution in [0.4, 0.5) is 0 Å². The van der Waals surface area contributed by atoms with Crippen molar-refractivity contribution in [2.24, 2.45) is 7.05 Å². The third-order valence-corrected chi connectivity index (χ3v) is 4.39. The van der Waals surface area contributed by atoms with Crippen molar-refractivity contribution in [3.05, 3.63) is 22.5 Å². The molecule has 1 fully saturated rings. The van der Waals surface area contributed by atoms with Crippen LogP contribution in [0.3, 0.4) is 0 Å². The van der Waals surface area contributed by atoms with Gasteiger partial charge in [0.15, 0.2) is 0 Å². The average molecular weight is 356 g/mol. The Kier molecular flexibility index (Phi) is 6.39. The standard InChI is InChI=1S/C16H22ClN3O4/c1-11-13(16(17)19(2)18-11)5-6-14(21)20(8-7-15(22)23)10-12-4-3-9-24-12/h5-6,12H,3-4,7-10H2,1-2H3,(H,22,23). The van der Waals surface area contributed by atoms with Gasteiger partial charge in [-0.2, -0.15) is 5.10 Å². The lowest BCUT2D eigenvalue weighted by Crippen LogP contribution is -2.37. The van der Waals surface area contributed by atoms with Gasteiger partial charge in [0.25, 0.3) is 0 Å². The van der Waals surface area contributed by atoms with Crippen LogP contribution in [0.15, 0.2) is 6.08 Å². The molecule has 0 radical (unpaired) electrons. The zero-order valence-corrected chi connectivity index (χ0v) is 14.6. The Morgan fingerprint density at radius 3 is 2.83 bits per heavy atom. The summed E-state index contributed by atoms with van der Waals surface area (Å²) in [5, 5.41) is 13.5. The molecule has 132 valence electrons. The fraction of sp³-hybridized carbons (Fsp3) is 0.562. The van der Waals surface area contributed by atoms with Gasteiger partial charge in [-0.25, -0.2) is 0 Å². The molecular formula is C16H22ClN3O4. The number of amides is 1. The van der Waals surface area contributed by atoms with Gasteiger partial charge in [-0.05, 0) is 25.8 Å². The summed E-state index contributed by atoms with van der Waals surface area (Å²) in [5.41, 5.74) is 1.41. The largest absolute Gasteiger partial charge is 0.481 e. The molecule has 24 heavy (non-hydrogen) atoms. The van der Waals surface area contributed by atoms with E-state index < -0.39 is 5.97 Å². The SMILES string of the molecule is Cc1nn(C)c(Cl)c1C=CC(=O)N(CCC(=O)O)CC1CCCO1. The first-order valence-electron chi connectivity index (χ1n) is 7.88. The topological polar surface area (TPSA) is 84.7 Å². The van der Waals surface area contributed by atoms with Crippen LogP contribution in [0.5, 0.6) is 0 Å². The molecule has 0 aliphatic carbocycles. The molecule has 2 rings (SSSR count). The molecule has 1 aliphatic heterocycles. The van der Waals surface area contributed by atoms with Gasteiger partial charge >= 0.3 is 5.97 Å². The number of nitrogens with zero attached hydrogens (tertiary/aromatic N) is 3. The Morgan fingerprint density at radius 1 is 1.54 bits per heavy atom. The number of carbonyl (C=O) groups is 2. The van der Waals surface area contributed by atoms with Crippen LogP contribution >= 0.6 is 11.6 Å². The molecule has 1 atom stereocenters. The molecule has 0 spiro atoms. The number of carboxylic acid groups (broad SMARTS) is 1. The fourth-order valence-corrected chi connectivity index (χ4v) is 2.89. The van der Waals surface area contributed by atoms with Crippen molar-refractivity contribution < 1.29 is 19.4 Å². The third-order valence-electron chi connectivity index (χ3n) is 3.94. The lowest BCUT2D eigenvalue weighted by atomic mass is 10.2. The van der Waals surface area contributed by atoms with Gasteiger partial charge in [-0.1, -0.05) is 11.6 Å². The number of aromatic nitrogens is 2. The van der Waals surface area contributed by atoms with Crippen LogP contribution in [-0.2, 0) is 21.4 Å². The minimum atomic E-state index is -0.935. The van der Waals surface area contributed by atoms with Gasteiger partial charge in [0.1, 0.15) is 5.15 Å². The highest BCUT2D eigenvalue weighted by molar-refractivity contribution is 6.31. The minimum Gasteiger partial charge on any atom is -0.481 e. The van der Waals surface area contributed by atoms with Crippen LogP contribution in [-0.4, -0.2) is 57.5 Å². The number of carbonyl (C=O) groups excluding carboxylic acids is 1. The van der Waals surface area contributed by atoms with E-state index in [1.165, 1.54) is 15.7 Å². The lowest BCUT2D eigenvalue weighted by Gasteiger charge is -2.23. The van der Waals surface area contributed by atoms with E-state index in [4.69, 9.17) is 21.4 Å². The summed E-state index contributed by atoms with van der Waals surface area (Å²) < 4.78 is 7.08. The molecule has 7 nitrogen and oxygen atoms in total. The Labute approximate surface area is 145 Å². The molecule has 1 saturated heterocycles. The normalized spacial score (nSPS) is 17.5. The van der Waals surface area contributed by atoms with Gasteiger partial charge in [0.05, 0.1) is 18.2 Å². The summed E-state index contributed by atoms with van der Waals surface area (Å²) in [6.45, 7) is 3.05. The Morgan fingerprint density at radius 2 is 2.29 bits per heavy atom. The minimum absolute atomic E-state index is 0.0279. The maximum Gasteiger partial charge on any atom is 0.305 e. The smallest absolute Gasteiger partial charge is 0.305 e. The van der Waals surface area contributed by atoms with Crippen molar-refractivity contribution in [1.82, 2.24) is 14.7 Å². The average Bonchev–Trinajstić information content (AvgIpc) is 3.11. The van der Waals surface area contributed by atoms with Crippen LogP contribution in [0.2, 0.25) is 5.15 Å². The van der Waals surface area contributed by atoms with E-state index in [-0.39, 0.29) is 25.0 Å². The van der Waals surface area contributed by atoms with Gasteiger partial charge in [-0.3, -0.25) is 14.3 Å². The summed E-state index contributed by atoms with van der Waals surface area (Å²) in [7, 11) is 1.73. The van der Waals surface area contributed by atoms with Crippen LogP contribution in [0.25, 0.3) is 6.08 Å². The number of halogens is 1. The number of hydrogen-bond acceptors (Lipinski definition) is 4. The monoisotopic (exact) mass is 355 g/mol. The summed E-state index contributed by atoms with van der Waals surface area (Å²) in [6.07, 6.45) is 4.75. The van der Waals surface area contributed by atoms with Crippen molar-refractivity contribution >= 4 is 29.6 Å². The van der Waals surface area contributed by atoms with E-state index in [9.17, 15) is 9.59 Å². The van der Waals surface area contributed by atoms with Gasteiger partial charge < -0.3 is 14.7 Å². The number of carboxylic acids is 1. The van der Waals surface area contributed by atoms with Crippen molar-refractivity contribution in [3.63, 3.8) is 0 Å². The fourth-order valence-electron chi connectivity index (χ4n) is 2.65. The quantitative estimate of drug-likeness (QED) is 0.755. The van der Waals surface area contributed by atoms with E-state index >= 15 is 0 Å². The van der Waals surface area contributed by atoms with Gasteiger partial charge in [0.2, 0.25) is 5.91 Å². The van der Waals surface area contributed by atoms with Gasteiger partial charge in [0, 0.05) is 38.4 Å². The van der Waals surface area contributed by atoms with E-state index in [1.807, 2.05) is 6.92 Å². The lowest BCUT2D eigenvalue weighted by molar-refractivity contribution is -0.138. The molecule has 8 heteroatoms. The maximum absolute atomic E-state index is 12.5. The van der Waals surface area contributed by atoms with E-state index in [0.29, 0.717) is 23.9 Å². The number of rotatable bonds is 7. The van der Waals surface area contributed by atoms with Crippen molar-refractivity contribution in [2.45, 2.75) is 32.3 Å². The molecule has 0 bridgehead atoms. The van der Waals surface area contributed by atoms with E-state index in [2.05, 4.69) is 5.10 Å². The molecule has 1 amide bonds. The predicted molar refractivity (Wildman–Crippen MR) is 89.8 cm³/mol. The molecule has 1 aromatic heterocycles. The second kappa shape index (κ2) is 8.30. The molecule has 1 unspecified atom stereocenters. The van der Waals surface area contributed by atoms with E-state index in [1.54, 1.807) is 13.1 Å². The summed E-state index contributed by atoms with van der Waals surface area (Å²) in [5.74, 6) is -1.19. The molecule has 2 heterocycles. The summed E-state index contributed by atoms with van der Waals surface area (Å²) in [6, 6.07) is 0. The van der Waals surface area contributed by atoms with Crippen molar-refractivity contribution in [1.29, 1.82) is 0 Å². The highest BCUT2D eigenvalue weighted by atomic mass is 35.5. The molecule has 1 N–H and O–H groups in total. The Hall–Kier alpha value is -1.86. The zero-order valence-electron chi connectivity index (χ0n) is 13.9. The maximum atomic E-state index is 12.5. The number of aryl methyl sites for hydroxylation is 2. The molecule has 1 aliphatic rings. The third kappa shape index (κ3) is 4.82. The molecule has 0 aromatic carbocycles. The molecule has 0 saturated carbocycles. The number of ether oxygens (including phenoxy) is 1. The van der Waals surface area contributed by atoms with Crippen LogP contribution in [0.1, 0.15) is 30.5 Å². The second-order valence-electron chi connectivity index (χ2n) is 5.81. The number of hydrogen-bond donors (Lipinski definition) is 1. The Bertz CT molecular complexity index is 636. The second-order valence-corrected chi connectivity index (χ2v) is 6.17. The first-order valence-corrected chi connectivity index (χ1v) is 8.25. The molecule has 1 aromatic rings. The Balaban J connectivity index is 2.07. The first-order chi connectivity index (χ1) is 11.4.